The molecule has 0 rings (SSSR count). The first kappa shape index (κ1) is 49.0. The Bertz CT molecular complexity index is 823. The van der Waals surface area contributed by atoms with Gasteiger partial charge in [-0.2, -0.15) is 0 Å². The van der Waals surface area contributed by atoms with Crippen LogP contribution in [-0.4, -0.2) is 49.9 Å². The number of carbonyl (C=O) groups is 1. The van der Waals surface area contributed by atoms with Crippen LogP contribution in [-0.2, 0) is 27.9 Å². The first-order valence-corrected chi connectivity index (χ1v) is 22.3. The fraction of sp³-hybridized carbons (Fsp3) is 0.878. The van der Waals surface area contributed by atoms with E-state index in [1.807, 2.05) is 0 Å². The molecule has 0 amide bonds. The molecule has 0 aromatic carbocycles. The Hall–Kier alpha value is -1.02. The fourth-order valence-electron chi connectivity index (χ4n) is 5.79. The number of phosphoric ester groups is 1. The Balaban J connectivity index is 3.83. The maximum Gasteiger partial charge on any atom is 0.472 e. The Morgan fingerprint density at radius 3 is 1.56 bits per heavy atom. The zero-order valence-corrected chi connectivity index (χ0v) is 33.5. The summed E-state index contributed by atoms with van der Waals surface area (Å²) in [6, 6.07) is 0. The lowest BCUT2D eigenvalue weighted by Gasteiger charge is -2.20. The van der Waals surface area contributed by atoms with Crippen LogP contribution in [0.1, 0.15) is 194 Å². The Morgan fingerprint density at radius 2 is 1.06 bits per heavy atom. The fourth-order valence-corrected chi connectivity index (χ4v) is 6.56. The van der Waals surface area contributed by atoms with E-state index in [1.54, 1.807) is 0 Å². The highest BCUT2D eigenvalue weighted by atomic mass is 31.2. The topological polar surface area (TPSA) is 117 Å². The third-order valence-corrected chi connectivity index (χ3v) is 9.86. The van der Waals surface area contributed by atoms with Crippen LogP contribution in [0.5, 0.6) is 0 Å². The molecule has 0 heterocycles. The molecular formula is C41H80NO7P. The Labute approximate surface area is 308 Å². The van der Waals surface area contributed by atoms with Gasteiger partial charge in [0.2, 0.25) is 0 Å². The van der Waals surface area contributed by atoms with E-state index in [0.29, 0.717) is 13.0 Å². The monoisotopic (exact) mass is 730 g/mol. The highest BCUT2D eigenvalue weighted by molar-refractivity contribution is 7.47. The second kappa shape index (κ2) is 39.2. The van der Waals surface area contributed by atoms with E-state index < -0.39 is 13.9 Å². The maximum absolute atomic E-state index is 12.4. The Kier molecular flexibility index (Phi) is 38.4. The van der Waals surface area contributed by atoms with Crippen molar-refractivity contribution in [3.8, 4) is 0 Å². The normalized spacial score (nSPS) is 13.8. The minimum absolute atomic E-state index is 0.0940. The van der Waals surface area contributed by atoms with Gasteiger partial charge in [0.05, 0.1) is 19.8 Å². The summed E-state index contributed by atoms with van der Waals surface area (Å²) in [4.78, 5) is 22.2. The van der Waals surface area contributed by atoms with E-state index in [4.69, 9.17) is 24.3 Å². The largest absolute Gasteiger partial charge is 0.472 e. The average Bonchev–Trinajstić information content (AvgIpc) is 3.10. The van der Waals surface area contributed by atoms with Gasteiger partial charge in [0.1, 0.15) is 6.10 Å². The molecule has 0 aliphatic rings. The highest BCUT2D eigenvalue weighted by Gasteiger charge is 2.25. The van der Waals surface area contributed by atoms with Crippen LogP contribution in [0.2, 0.25) is 0 Å². The number of nitrogens with two attached hydrogens (primary N) is 1. The third kappa shape index (κ3) is 38.2. The molecule has 0 saturated heterocycles. The van der Waals surface area contributed by atoms with Gasteiger partial charge in [0, 0.05) is 19.6 Å². The van der Waals surface area contributed by atoms with Gasteiger partial charge in [0.25, 0.3) is 0 Å². The number of phosphoric acid groups is 1. The van der Waals surface area contributed by atoms with Crippen molar-refractivity contribution in [1.82, 2.24) is 0 Å². The average molecular weight is 730 g/mol. The van der Waals surface area contributed by atoms with Crippen molar-refractivity contribution in [2.75, 3.05) is 33.0 Å². The Morgan fingerprint density at radius 1 is 0.600 bits per heavy atom. The third-order valence-electron chi connectivity index (χ3n) is 8.87. The smallest absolute Gasteiger partial charge is 0.457 e. The van der Waals surface area contributed by atoms with Crippen molar-refractivity contribution in [1.29, 1.82) is 0 Å². The van der Waals surface area contributed by atoms with Crippen molar-refractivity contribution in [2.45, 2.75) is 200 Å². The predicted molar refractivity (Wildman–Crippen MR) is 210 cm³/mol. The molecule has 0 fully saturated rings. The molecule has 0 spiro atoms. The summed E-state index contributed by atoms with van der Waals surface area (Å²) in [6.07, 6.45) is 42.2. The number of unbranched alkanes of at least 4 members (excludes halogenated alkanes) is 23. The predicted octanol–water partition coefficient (Wildman–Crippen LogP) is 12.1. The number of hydrogen-bond acceptors (Lipinski definition) is 7. The molecule has 0 bridgehead atoms. The second-order valence-electron chi connectivity index (χ2n) is 13.9. The van der Waals surface area contributed by atoms with Gasteiger partial charge >= 0.3 is 13.8 Å². The number of hydrogen-bond donors (Lipinski definition) is 2. The lowest BCUT2D eigenvalue weighted by Crippen LogP contribution is -2.28. The van der Waals surface area contributed by atoms with E-state index >= 15 is 0 Å². The van der Waals surface area contributed by atoms with Gasteiger partial charge < -0.3 is 20.1 Å². The molecule has 0 saturated carbocycles. The summed E-state index contributed by atoms with van der Waals surface area (Å²) in [5.74, 6) is -0.336. The molecule has 9 heteroatoms. The minimum Gasteiger partial charge on any atom is -0.457 e. The van der Waals surface area contributed by atoms with Crippen molar-refractivity contribution in [3.05, 3.63) is 24.3 Å². The van der Waals surface area contributed by atoms with Crippen LogP contribution in [0.4, 0.5) is 0 Å². The van der Waals surface area contributed by atoms with E-state index in [2.05, 4.69) is 38.2 Å². The molecule has 0 aromatic rings. The minimum atomic E-state index is -4.26. The van der Waals surface area contributed by atoms with Crippen molar-refractivity contribution < 1.29 is 32.8 Å². The second-order valence-corrected chi connectivity index (χ2v) is 15.3. The van der Waals surface area contributed by atoms with E-state index in [1.165, 1.54) is 135 Å². The first-order valence-electron chi connectivity index (χ1n) is 20.8. The van der Waals surface area contributed by atoms with Crippen molar-refractivity contribution in [3.63, 3.8) is 0 Å². The number of esters is 1. The molecule has 0 aromatic heterocycles. The van der Waals surface area contributed by atoms with Crippen LogP contribution < -0.4 is 5.73 Å². The molecule has 2 atom stereocenters. The molecule has 2 unspecified atom stereocenters. The molecule has 296 valence electrons. The highest BCUT2D eigenvalue weighted by Crippen LogP contribution is 2.43. The lowest BCUT2D eigenvalue weighted by molar-refractivity contribution is -0.154. The van der Waals surface area contributed by atoms with Gasteiger partial charge in [-0.3, -0.25) is 13.8 Å². The van der Waals surface area contributed by atoms with Crippen LogP contribution in [0.25, 0.3) is 0 Å². The summed E-state index contributed by atoms with van der Waals surface area (Å²) in [7, 11) is -4.26. The number of allylic oxidation sites excluding steroid dienone is 4. The summed E-state index contributed by atoms with van der Waals surface area (Å²) >= 11 is 0. The number of rotatable bonds is 40. The van der Waals surface area contributed by atoms with Crippen LogP contribution >= 0.6 is 7.82 Å². The molecule has 0 aliphatic carbocycles. The summed E-state index contributed by atoms with van der Waals surface area (Å²) < 4.78 is 33.2. The van der Waals surface area contributed by atoms with E-state index in [9.17, 15) is 14.3 Å². The maximum atomic E-state index is 12.4. The molecule has 0 radical (unpaired) electrons. The van der Waals surface area contributed by atoms with Gasteiger partial charge in [-0.05, 0) is 44.9 Å². The van der Waals surface area contributed by atoms with Gasteiger partial charge in [-0.25, -0.2) is 4.57 Å². The van der Waals surface area contributed by atoms with E-state index in [-0.39, 0.29) is 32.3 Å². The molecule has 8 nitrogen and oxygen atoms in total. The van der Waals surface area contributed by atoms with Crippen LogP contribution in [0, 0.1) is 0 Å². The van der Waals surface area contributed by atoms with Crippen LogP contribution in [0.15, 0.2) is 24.3 Å². The van der Waals surface area contributed by atoms with Gasteiger partial charge in [-0.1, -0.05) is 167 Å². The molecular weight excluding hydrogens is 649 g/mol. The summed E-state index contributed by atoms with van der Waals surface area (Å²) in [5, 5.41) is 0. The summed E-state index contributed by atoms with van der Waals surface area (Å²) in [6.45, 7) is 4.88. The molecule has 3 N–H and O–H groups in total. The van der Waals surface area contributed by atoms with Gasteiger partial charge in [0.15, 0.2) is 0 Å². The van der Waals surface area contributed by atoms with Crippen LogP contribution in [0.3, 0.4) is 0 Å². The zero-order valence-electron chi connectivity index (χ0n) is 32.6. The molecule has 0 aliphatic heterocycles. The standard InChI is InChI=1S/C41H80NO7P/c1-3-5-7-9-11-12-13-14-15-16-17-18-19-20-21-22-23-24-25-26-27-29-31-33-36-46-38-40(39-48-50(44,45)47-37-35-42)49-41(43)34-32-30-28-10-8-6-4-2/h13-14,16-17,40H,3-12,15,18-39,42H2,1-2H3,(H,44,45)/b14-13-,17-16-. The van der Waals surface area contributed by atoms with Crippen molar-refractivity contribution >= 4 is 13.8 Å². The summed E-state index contributed by atoms with van der Waals surface area (Å²) in [5.41, 5.74) is 5.34. The SMILES string of the molecule is CCCCCCC/C=C\C/C=C\CCCCCCCCCCCCCCOCC(COP(=O)(O)OCCN)OC(=O)CCCCCCCCC. The number of ether oxygens (including phenoxy) is 2. The lowest BCUT2D eigenvalue weighted by atomic mass is 10.0. The quantitative estimate of drug-likeness (QED) is 0.0277. The van der Waals surface area contributed by atoms with E-state index in [0.717, 1.165) is 38.5 Å². The van der Waals surface area contributed by atoms with Crippen molar-refractivity contribution in [2.24, 2.45) is 5.73 Å². The first-order chi connectivity index (χ1) is 24.4. The zero-order chi connectivity index (χ0) is 36.6. The molecule has 50 heavy (non-hydrogen) atoms. The number of carbonyl (C=O) groups excluding carboxylic acids is 1. The van der Waals surface area contributed by atoms with Gasteiger partial charge in [-0.15, -0.1) is 0 Å².